The minimum absolute atomic E-state index is 0.0194. The summed E-state index contributed by atoms with van der Waals surface area (Å²) in [6.45, 7) is 3.65. The quantitative estimate of drug-likeness (QED) is 0.244. The van der Waals surface area contributed by atoms with Gasteiger partial charge in [-0.25, -0.2) is 9.37 Å². The first-order chi connectivity index (χ1) is 17.3. The molecule has 0 fully saturated rings. The molecular weight excluding hydrogens is 483 g/mol. The van der Waals surface area contributed by atoms with E-state index in [4.69, 9.17) is 4.42 Å². The van der Waals surface area contributed by atoms with Gasteiger partial charge in [0.05, 0.1) is 10.9 Å². The van der Waals surface area contributed by atoms with Crippen LogP contribution in [0, 0.1) is 11.7 Å². The van der Waals surface area contributed by atoms with E-state index < -0.39 is 17.8 Å². The van der Waals surface area contributed by atoms with Crippen LogP contribution in [0.4, 0.5) is 4.39 Å². The molecule has 0 spiro atoms. The number of nitrogens with zero attached hydrogens (tertiary/aromatic N) is 1. The van der Waals surface area contributed by atoms with Crippen LogP contribution in [0.25, 0.3) is 22.2 Å². The summed E-state index contributed by atoms with van der Waals surface area (Å²) in [4.78, 5) is 44.0. The highest BCUT2D eigenvalue weighted by Gasteiger charge is 2.25. The van der Waals surface area contributed by atoms with Crippen LogP contribution in [0.5, 0.6) is 0 Å². The highest BCUT2D eigenvalue weighted by atomic mass is 32.2. The van der Waals surface area contributed by atoms with Crippen LogP contribution >= 0.6 is 11.8 Å². The van der Waals surface area contributed by atoms with Crippen molar-refractivity contribution >= 4 is 34.5 Å². The third kappa shape index (κ3) is 5.49. The molecule has 2 aromatic carbocycles. The lowest BCUT2D eigenvalue weighted by Crippen LogP contribution is -2.48. The normalized spacial score (nSPS) is 12.0. The first-order valence-electron chi connectivity index (χ1n) is 11.3. The predicted octanol–water partition coefficient (Wildman–Crippen LogP) is 4.11. The van der Waals surface area contributed by atoms with Gasteiger partial charge in [-0.05, 0) is 41.8 Å². The van der Waals surface area contributed by atoms with Gasteiger partial charge in [0.1, 0.15) is 17.6 Å². The number of fused-ring (bicyclic) bond motifs is 1. The highest BCUT2D eigenvalue weighted by molar-refractivity contribution is 7.98. The van der Waals surface area contributed by atoms with Gasteiger partial charge < -0.3 is 20.0 Å². The largest absolute Gasteiger partial charge is 0.451 e. The second-order valence-electron chi connectivity index (χ2n) is 8.46. The smallest absolute Gasteiger partial charge is 0.287 e. The number of thioether (sulfide) groups is 1. The second-order valence-corrected chi connectivity index (χ2v) is 9.42. The monoisotopic (exact) mass is 508 g/mol. The lowest BCUT2D eigenvalue weighted by molar-refractivity contribution is -0.123. The number of aromatic amines is 1. The van der Waals surface area contributed by atoms with E-state index in [1.54, 1.807) is 42.5 Å². The Morgan fingerprint density at radius 3 is 2.64 bits per heavy atom. The van der Waals surface area contributed by atoms with Gasteiger partial charge in [-0.3, -0.25) is 14.4 Å². The molecule has 10 heteroatoms. The number of carbonyl (C=O) groups is 2. The van der Waals surface area contributed by atoms with Crippen LogP contribution in [0.2, 0.25) is 0 Å². The number of furan rings is 1. The van der Waals surface area contributed by atoms with Gasteiger partial charge in [0, 0.05) is 18.4 Å². The summed E-state index contributed by atoms with van der Waals surface area (Å²) in [5, 5.41) is 6.09. The third-order valence-electron chi connectivity index (χ3n) is 5.61. The molecule has 2 amide bonds. The fraction of sp³-hybridized carbons (Fsp3) is 0.231. The van der Waals surface area contributed by atoms with Crippen LogP contribution < -0.4 is 16.2 Å². The minimum atomic E-state index is -0.711. The third-order valence-corrected chi connectivity index (χ3v) is 6.53. The maximum atomic E-state index is 14.9. The number of benzene rings is 2. The van der Waals surface area contributed by atoms with E-state index in [1.807, 2.05) is 13.8 Å². The van der Waals surface area contributed by atoms with Crippen LogP contribution in [0.1, 0.15) is 30.0 Å². The number of aromatic nitrogens is 2. The second kappa shape index (κ2) is 10.8. The van der Waals surface area contributed by atoms with Gasteiger partial charge in [-0.2, -0.15) is 0 Å². The fourth-order valence-corrected chi connectivity index (χ4v) is 4.47. The molecule has 1 atom stereocenters. The minimum Gasteiger partial charge on any atom is -0.451 e. The van der Waals surface area contributed by atoms with Crippen molar-refractivity contribution in [2.45, 2.75) is 30.8 Å². The molecule has 0 bridgehead atoms. The van der Waals surface area contributed by atoms with E-state index in [1.165, 1.54) is 30.9 Å². The highest BCUT2D eigenvalue weighted by Crippen LogP contribution is 2.27. The van der Waals surface area contributed by atoms with Gasteiger partial charge in [-0.1, -0.05) is 49.9 Å². The molecule has 3 N–H and O–H groups in total. The molecule has 0 saturated heterocycles. The van der Waals surface area contributed by atoms with E-state index in [-0.39, 0.29) is 28.9 Å². The van der Waals surface area contributed by atoms with Gasteiger partial charge in [0.25, 0.3) is 11.5 Å². The molecule has 0 aliphatic carbocycles. The Morgan fingerprint density at radius 2 is 1.92 bits per heavy atom. The molecule has 0 aliphatic rings. The van der Waals surface area contributed by atoms with Gasteiger partial charge in [0.15, 0.2) is 10.9 Å². The molecule has 0 aliphatic heterocycles. The van der Waals surface area contributed by atoms with Gasteiger partial charge in [-0.15, -0.1) is 0 Å². The number of rotatable bonds is 8. The molecule has 0 saturated carbocycles. The summed E-state index contributed by atoms with van der Waals surface area (Å²) >= 11 is 1.22. The Morgan fingerprint density at radius 1 is 1.14 bits per heavy atom. The number of hydrogen-bond donors (Lipinski definition) is 3. The zero-order chi connectivity index (χ0) is 25.8. The predicted molar refractivity (Wildman–Crippen MR) is 136 cm³/mol. The summed E-state index contributed by atoms with van der Waals surface area (Å²) in [6, 6.07) is 14.0. The van der Waals surface area contributed by atoms with Crippen molar-refractivity contribution in [3.8, 4) is 11.3 Å². The van der Waals surface area contributed by atoms with Crippen molar-refractivity contribution < 1.29 is 18.4 Å². The van der Waals surface area contributed by atoms with Crippen molar-refractivity contribution in [1.29, 1.82) is 0 Å². The van der Waals surface area contributed by atoms with Gasteiger partial charge in [0.2, 0.25) is 5.91 Å². The standard InChI is InChI=1S/C26H25FN4O4S/c1-14(2)22(25(34)28-3)30-24(33)21-11-10-20(35-21)15-8-9-16(18(27)12-15)13-36-26-29-19-7-5-4-6-17(19)23(32)31-26/h4-12,14,22H,13H2,1-3H3,(H,28,34)(H,30,33)(H,29,31,32)/t22-/m0/s1. The summed E-state index contributed by atoms with van der Waals surface area (Å²) < 4.78 is 20.5. The Labute approximate surface area is 210 Å². The summed E-state index contributed by atoms with van der Waals surface area (Å²) in [5.74, 6) is -0.811. The number of likely N-dealkylation sites (N-methyl/N-ethyl adjacent to an activating group) is 1. The number of H-pyrrole nitrogens is 1. The van der Waals surface area contributed by atoms with Crippen molar-refractivity contribution in [3.63, 3.8) is 0 Å². The Balaban J connectivity index is 1.45. The van der Waals surface area contributed by atoms with Crippen molar-refractivity contribution in [2.24, 2.45) is 5.92 Å². The lowest BCUT2D eigenvalue weighted by Gasteiger charge is -2.19. The number of nitrogens with one attached hydrogen (secondary N) is 3. The van der Waals surface area contributed by atoms with Crippen LogP contribution in [-0.2, 0) is 10.5 Å². The first kappa shape index (κ1) is 25.2. The maximum absolute atomic E-state index is 14.9. The molecule has 36 heavy (non-hydrogen) atoms. The molecule has 0 radical (unpaired) electrons. The Hall–Kier alpha value is -3.92. The van der Waals surface area contributed by atoms with Gasteiger partial charge >= 0.3 is 0 Å². The molecular formula is C26H25FN4O4S. The number of halogens is 1. The molecule has 4 rings (SSSR count). The lowest BCUT2D eigenvalue weighted by atomic mass is 10.0. The summed E-state index contributed by atoms with van der Waals surface area (Å²) in [7, 11) is 1.50. The van der Waals surface area contributed by atoms with Crippen molar-refractivity contribution in [3.05, 3.63) is 82.1 Å². The zero-order valence-corrected chi connectivity index (χ0v) is 20.7. The van der Waals surface area contributed by atoms with Crippen LogP contribution in [0.3, 0.4) is 0 Å². The number of amides is 2. The average Bonchev–Trinajstić information content (AvgIpc) is 3.36. The van der Waals surface area contributed by atoms with Crippen molar-refractivity contribution in [2.75, 3.05) is 7.05 Å². The van der Waals surface area contributed by atoms with E-state index in [9.17, 15) is 18.8 Å². The Bertz CT molecular complexity index is 1480. The summed E-state index contributed by atoms with van der Waals surface area (Å²) in [6.07, 6.45) is 0. The van der Waals surface area contributed by atoms with Crippen LogP contribution in [-0.4, -0.2) is 34.9 Å². The molecule has 4 aromatic rings. The molecule has 8 nitrogen and oxygen atoms in total. The Kier molecular flexibility index (Phi) is 7.54. The average molecular weight is 509 g/mol. The zero-order valence-electron chi connectivity index (χ0n) is 19.9. The van der Waals surface area contributed by atoms with E-state index in [0.717, 1.165) is 0 Å². The van der Waals surface area contributed by atoms with Crippen molar-refractivity contribution in [1.82, 2.24) is 20.6 Å². The molecule has 0 unspecified atom stereocenters. The maximum Gasteiger partial charge on any atom is 0.287 e. The van der Waals surface area contributed by atoms with Crippen LogP contribution in [0.15, 0.2) is 69.0 Å². The fourth-order valence-electron chi connectivity index (χ4n) is 3.61. The summed E-state index contributed by atoms with van der Waals surface area (Å²) in [5.41, 5.74) is 1.22. The van der Waals surface area contributed by atoms with E-state index in [0.29, 0.717) is 32.9 Å². The number of hydrogen-bond acceptors (Lipinski definition) is 6. The number of carbonyl (C=O) groups excluding carboxylic acids is 2. The van der Waals surface area contributed by atoms with E-state index >= 15 is 0 Å². The molecule has 186 valence electrons. The SMILES string of the molecule is CNC(=O)[C@@H](NC(=O)c1ccc(-c2ccc(CSc3nc4ccccc4c(=O)[nH]3)c(F)c2)o1)C(C)C. The van der Waals surface area contributed by atoms with E-state index in [2.05, 4.69) is 20.6 Å². The molecule has 2 aromatic heterocycles. The number of para-hydroxylation sites is 1. The topological polar surface area (TPSA) is 117 Å². The first-order valence-corrected chi connectivity index (χ1v) is 12.3. The molecule has 2 heterocycles.